The van der Waals surface area contributed by atoms with E-state index in [1.165, 1.54) is 24.1 Å². The van der Waals surface area contributed by atoms with E-state index in [1.807, 2.05) is 6.07 Å². The summed E-state index contributed by atoms with van der Waals surface area (Å²) in [5.74, 6) is -0.187. The van der Waals surface area contributed by atoms with Crippen molar-refractivity contribution < 1.29 is 13.2 Å². The Balaban J connectivity index is 1.64. The zero-order chi connectivity index (χ0) is 19.0. The lowest BCUT2D eigenvalue weighted by Gasteiger charge is -2.23. The smallest absolute Gasteiger partial charge is 0.264 e. The van der Waals surface area contributed by atoms with Crippen molar-refractivity contribution >= 4 is 33.0 Å². The third-order valence-corrected chi connectivity index (χ3v) is 6.98. The molecule has 0 aromatic heterocycles. The number of anilines is 3. The molecule has 27 heavy (non-hydrogen) atoms. The Labute approximate surface area is 159 Å². The molecule has 0 saturated carbocycles. The van der Waals surface area contributed by atoms with E-state index in [0.717, 1.165) is 36.4 Å². The fourth-order valence-corrected chi connectivity index (χ4v) is 5.30. The van der Waals surface area contributed by atoms with Gasteiger partial charge in [0.25, 0.3) is 10.0 Å². The highest BCUT2D eigenvalue weighted by molar-refractivity contribution is 7.92. The van der Waals surface area contributed by atoms with Crippen molar-refractivity contribution in [1.82, 2.24) is 0 Å². The van der Waals surface area contributed by atoms with Crippen LogP contribution in [0.25, 0.3) is 0 Å². The molecule has 2 aromatic rings. The van der Waals surface area contributed by atoms with Crippen LogP contribution < -0.4 is 14.5 Å². The van der Waals surface area contributed by atoms with Crippen molar-refractivity contribution in [3.8, 4) is 0 Å². The lowest BCUT2D eigenvalue weighted by molar-refractivity contribution is -0.114. The van der Waals surface area contributed by atoms with E-state index in [4.69, 9.17) is 0 Å². The van der Waals surface area contributed by atoms with Gasteiger partial charge in [-0.05, 0) is 61.2 Å². The van der Waals surface area contributed by atoms with Crippen LogP contribution in [0.15, 0.2) is 47.4 Å². The molecule has 2 heterocycles. The Hall–Kier alpha value is -2.54. The summed E-state index contributed by atoms with van der Waals surface area (Å²) in [5.41, 5.74) is 3.52. The molecule has 0 spiro atoms. The largest absolute Gasteiger partial charge is 0.371 e. The molecule has 0 bridgehead atoms. The second kappa shape index (κ2) is 6.88. The average molecular weight is 385 g/mol. The lowest BCUT2D eigenvalue weighted by atomic mass is 10.1. The summed E-state index contributed by atoms with van der Waals surface area (Å²) < 4.78 is 27.9. The van der Waals surface area contributed by atoms with Gasteiger partial charge in [-0.25, -0.2) is 8.42 Å². The Morgan fingerprint density at radius 2 is 1.70 bits per heavy atom. The Bertz CT molecular complexity index is 964. The SMILES string of the molecule is CC(=O)Nc1ccc(S(=O)(=O)N2CCc3ccc(N4CCCC4)cc32)cc1. The number of carbonyl (C=O) groups is 1. The van der Waals surface area contributed by atoms with Gasteiger partial charge < -0.3 is 10.2 Å². The molecule has 1 saturated heterocycles. The van der Waals surface area contributed by atoms with Crippen molar-refractivity contribution in [2.45, 2.75) is 31.1 Å². The van der Waals surface area contributed by atoms with Crippen LogP contribution in [0.5, 0.6) is 0 Å². The maximum Gasteiger partial charge on any atom is 0.264 e. The van der Waals surface area contributed by atoms with E-state index in [9.17, 15) is 13.2 Å². The Morgan fingerprint density at radius 1 is 1.00 bits per heavy atom. The monoisotopic (exact) mass is 385 g/mol. The average Bonchev–Trinajstić information content (AvgIpc) is 3.31. The quantitative estimate of drug-likeness (QED) is 0.878. The highest BCUT2D eigenvalue weighted by Crippen LogP contribution is 2.36. The summed E-state index contributed by atoms with van der Waals surface area (Å²) in [6.45, 7) is 3.92. The molecule has 142 valence electrons. The van der Waals surface area contributed by atoms with E-state index in [2.05, 4.69) is 22.3 Å². The van der Waals surface area contributed by atoms with Crippen molar-refractivity contribution in [1.29, 1.82) is 0 Å². The molecule has 1 amide bonds. The number of sulfonamides is 1. The second-order valence-electron chi connectivity index (χ2n) is 7.04. The summed E-state index contributed by atoms with van der Waals surface area (Å²) in [5, 5.41) is 2.65. The maximum absolute atomic E-state index is 13.2. The van der Waals surface area contributed by atoms with Crippen LogP contribution in [0.3, 0.4) is 0 Å². The van der Waals surface area contributed by atoms with E-state index in [0.29, 0.717) is 12.2 Å². The maximum atomic E-state index is 13.2. The van der Waals surface area contributed by atoms with Gasteiger partial charge in [-0.15, -0.1) is 0 Å². The molecular weight excluding hydrogens is 362 g/mol. The fraction of sp³-hybridized carbons (Fsp3) is 0.350. The number of nitrogens with one attached hydrogen (secondary N) is 1. The van der Waals surface area contributed by atoms with Gasteiger partial charge in [-0.3, -0.25) is 9.10 Å². The fourth-order valence-electron chi connectivity index (χ4n) is 3.80. The molecule has 2 aromatic carbocycles. The molecule has 1 fully saturated rings. The highest BCUT2D eigenvalue weighted by Gasteiger charge is 2.31. The summed E-state index contributed by atoms with van der Waals surface area (Å²) >= 11 is 0. The second-order valence-corrected chi connectivity index (χ2v) is 8.90. The Morgan fingerprint density at radius 3 is 2.37 bits per heavy atom. The summed E-state index contributed by atoms with van der Waals surface area (Å²) in [4.78, 5) is 13.7. The lowest BCUT2D eigenvalue weighted by Crippen LogP contribution is -2.29. The first-order chi connectivity index (χ1) is 12.9. The van der Waals surface area contributed by atoms with Crippen molar-refractivity contribution in [2.75, 3.05) is 34.2 Å². The van der Waals surface area contributed by atoms with Crippen molar-refractivity contribution in [3.05, 3.63) is 48.0 Å². The number of rotatable bonds is 4. The number of amides is 1. The van der Waals surface area contributed by atoms with Gasteiger partial charge in [0, 0.05) is 37.9 Å². The van der Waals surface area contributed by atoms with E-state index in [1.54, 1.807) is 24.3 Å². The van der Waals surface area contributed by atoms with Gasteiger partial charge in [0.05, 0.1) is 10.6 Å². The molecule has 7 heteroatoms. The number of hydrogen-bond acceptors (Lipinski definition) is 4. The molecule has 2 aliphatic heterocycles. The minimum Gasteiger partial charge on any atom is -0.371 e. The molecular formula is C20H23N3O3S. The van der Waals surface area contributed by atoms with E-state index >= 15 is 0 Å². The first-order valence-corrected chi connectivity index (χ1v) is 10.7. The molecule has 1 N–H and O–H groups in total. The minimum absolute atomic E-state index is 0.187. The third kappa shape index (κ3) is 3.39. The van der Waals surface area contributed by atoms with Gasteiger partial charge in [0.1, 0.15) is 0 Å². The number of fused-ring (bicyclic) bond motifs is 1. The number of hydrogen-bond donors (Lipinski definition) is 1. The van der Waals surface area contributed by atoms with Crippen LogP contribution in [-0.2, 0) is 21.2 Å². The van der Waals surface area contributed by atoms with Crippen LogP contribution in [-0.4, -0.2) is 34.0 Å². The zero-order valence-corrected chi connectivity index (χ0v) is 16.1. The highest BCUT2D eigenvalue weighted by atomic mass is 32.2. The van der Waals surface area contributed by atoms with Gasteiger partial charge >= 0.3 is 0 Å². The summed E-state index contributed by atoms with van der Waals surface area (Å²) in [6.07, 6.45) is 3.08. The molecule has 4 rings (SSSR count). The molecule has 0 atom stereocenters. The number of carbonyl (C=O) groups excluding carboxylic acids is 1. The first-order valence-electron chi connectivity index (χ1n) is 9.23. The molecule has 0 unspecified atom stereocenters. The van der Waals surface area contributed by atoms with Crippen LogP contribution in [0, 0.1) is 0 Å². The number of benzene rings is 2. The normalized spacial score (nSPS) is 16.5. The standard InChI is InChI=1S/C20H23N3O3S/c1-15(24)21-17-5-8-19(9-6-17)27(25,26)23-13-10-16-4-7-18(14-20(16)23)22-11-2-3-12-22/h4-9,14H,2-3,10-13H2,1H3,(H,21,24). The van der Waals surface area contributed by atoms with Crippen molar-refractivity contribution in [2.24, 2.45) is 0 Å². The predicted octanol–water partition coefficient (Wildman–Crippen LogP) is 3.00. The van der Waals surface area contributed by atoms with Crippen molar-refractivity contribution in [3.63, 3.8) is 0 Å². The van der Waals surface area contributed by atoms with Crippen LogP contribution in [0.1, 0.15) is 25.3 Å². The van der Waals surface area contributed by atoms with Gasteiger partial charge in [-0.1, -0.05) is 6.07 Å². The molecule has 2 aliphatic rings. The minimum atomic E-state index is -3.64. The first kappa shape index (κ1) is 17.9. The Kier molecular flexibility index (Phi) is 4.55. The van der Waals surface area contributed by atoms with Gasteiger partial charge in [0.15, 0.2) is 0 Å². The van der Waals surface area contributed by atoms with E-state index < -0.39 is 10.0 Å². The third-order valence-electron chi connectivity index (χ3n) is 5.16. The van der Waals surface area contributed by atoms with Crippen LogP contribution in [0.2, 0.25) is 0 Å². The topological polar surface area (TPSA) is 69.7 Å². The molecule has 0 aliphatic carbocycles. The molecule has 6 nitrogen and oxygen atoms in total. The van der Waals surface area contributed by atoms with Crippen LogP contribution >= 0.6 is 0 Å². The van der Waals surface area contributed by atoms with Gasteiger partial charge in [-0.2, -0.15) is 0 Å². The van der Waals surface area contributed by atoms with Crippen LogP contribution in [0.4, 0.5) is 17.1 Å². The summed E-state index contributed by atoms with van der Waals surface area (Å²) in [6, 6.07) is 12.5. The predicted molar refractivity (Wildman–Crippen MR) is 107 cm³/mol. The van der Waals surface area contributed by atoms with E-state index in [-0.39, 0.29) is 10.8 Å². The zero-order valence-electron chi connectivity index (χ0n) is 15.3. The summed E-state index contributed by atoms with van der Waals surface area (Å²) in [7, 11) is -3.64. The molecule has 0 radical (unpaired) electrons. The van der Waals surface area contributed by atoms with Gasteiger partial charge in [0.2, 0.25) is 5.91 Å². The number of nitrogens with zero attached hydrogens (tertiary/aromatic N) is 2.